The van der Waals surface area contributed by atoms with Crippen molar-refractivity contribution in [1.29, 1.82) is 0 Å². The molecule has 2 nitrogen and oxygen atoms in total. The van der Waals surface area contributed by atoms with Crippen molar-refractivity contribution < 1.29 is 10.2 Å². The number of hydrogen-bond acceptors (Lipinski definition) is 2. The van der Waals surface area contributed by atoms with E-state index in [1.807, 2.05) is 6.92 Å². The molecule has 0 unspecified atom stereocenters. The molecular formula is C15H28O2. The van der Waals surface area contributed by atoms with Crippen LogP contribution in [0, 0.1) is 23.7 Å². The summed E-state index contributed by atoms with van der Waals surface area (Å²) in [7, 11) is 0. The fourth-order valence-corrected chi connectivity index (χ4v) is 4.55. The van der Waals surface area contributed by atoms with Crippen LogP contribution < -0.4 is 0 Å². The van der Waals surface area contributed by atoms with Crippen molar-refractivity contribution in [1.82, 2.24) is 0 Å². The Kier molecular flexibility index (Phi) is 3.33. The zero-order valence-electron chi connectivity index (χ0n) is 11.7. The predicted octanol–water partition coefficient (Wildman–Crippen LogP) is 2.97. The summed E-state index contributed by atoms with van der Waals surface area (Å²) < 4.78 is 0. The first-order chi connectivity index (χ1) is 7.77. The SMILES string of the molecule is CC(C)[C@H]1CC[C@](C)(O)[C@H]2CC[C@@H](C)C[C@]12O. The Labute approximate surface area is 105 Å². The lowest BCUT2D eigenvalue weighted by Gasteiger charge is -2.57. The second-order valence-corrected chi connectivity index (χ2v) is 7.18. The van der Waals surface area contributed by atoms with Crippen LogP contribution >= 0.6 is 0 Å². The fourth-order valence-electron chi connectivity index (χ4n) is 4.55. The molecule has 5 atom stereocenters. The van der Waals surface area contributed by atoms with Gasteiger partial charge in [0.2, 0.25) is 0 Å². The van der Waals surface area contributed by atoms with Gasteiger partial charge in [-0.05, 0) is 50.4 Å². The zero-order chi connectivity index (χ0) is 12.8. The first-order valence-electron chi connectivity index (χ1n) is 7.22. The molecule has 0 heterocycles. The van der Waals surface area contributed by atoms with Gasteiger partial charge in [-0.15, -0.1) is 0 Å². The van der Waals surface area contributed by atoms with Crippen LogP contribution in [0.5, 0.6) is 0 Å². The highest BCUT2D eigenvalue weighted by atomic mass is 16.3. The first kappa shape index (κ1) is 13.4. The smallest absolute Gasteiger partial charge is 0.0736 e. The molecule has 100 valence electrons. The second kappa shape index (κ2) is 4.24. The summed E-state index contributed by atoms with van der Waals surface area (Å²) in [6.07, 6.45) is 4.81. The minimum atomic E-state index is -0.666. The van der Waals surface area contributed by atoms with Crippen LogP contribution in [-0.4, -0.2) is 21.4 Å². The Balaban J connectivity index is 2.32. The predicted molar refractivity (Wildman–Crippen MR) is 69.6 cm³/mol. The molecule has 2 aliphatic carbocycles. The van der Waals surface area contributed by atoms with Crippen molar-refractivity contribution in [3.63, 3.8) is 0 Å². The minimum absolute atomic E-state index is 0.0762. The van der Waals surface area contributed by atoms with Gasteiger partial charge in [-0.3, -0.25) is 0 Å². The summed E-state index contributed by atoms with van der Waals surface area (Å²) in [5.41, 5.74) is -1.30. The number of rotatable bonds is 1. The molecule has 17 heavy (non-hydrogen) atoms. The molecule has 0 aliphatic heterocycles. The highest BCUT2D eigenvalue weighted by molar-refractivity contribution is 5.07. The van der Waals surface area contributed by atoms with E-state index in [4.69, 9.17) is 0 Å². The maximum absolute atomic E-state index is 11.2. The Bertz CT molecular complexity index is 285. The topological polar surface area (TPSA) is 40.5 Å². The summed E-state index contributed by atoms with van der Waals surface area (Å²) in [6.45, 7) is 8.57. The molecular weight excluding hydrogens is 212 g/mol. The summed E-state index contributed by atoms with van der Waals surface area (Å²) in [5.74, 6) is 1.53. The largest absolute Gasteiger partial charge is 0.390 e. The highest BCUT2D eigenvalue weighted by Gasteiger charge is 2.57. The zero-order valence-corrected chi connectivity index (χ0v) is 11.7. The molecule has 0 aromatic rings. The van der Waals surface area contributed by atoms with E-state index in [-0.39, 0.29) is 5.92 Å². The van der Waals surface area contributed by atoms with Gasteiger partial charge in [0, 0.05) is 5.92 Å². The average Bonchev–Trinajstić information content (AvgIpc) is 2.14. The molecule has 0 aromatic heterocycles. The number of hydrogen-bond donors (Lipinski definition) is 2. The lowest BCUT2D eigenvalue weighted by molar-refractivity contribution is -0.212. The molecule has 0 spiro atoms. The quantitative estimate of drug-likeness (QED) is 0.740. The van der Waals surface area contributed by atoms with Crippen molar-refractivity contribution in [3.05, 3.63) is 0 Å². The van der Waals surface area contributed by atoms with Crippen LogP contribution in [0.3, 0.4) is 0 Å². The number of fused-ring (bicyclic) bond motifs is 1. The third kappa shape index (κ3) is 2.15. The van der Waals surface area contributed by atoms with Gasteiger partial charge in [-0.2, -0.15) is 0 Å². The standard InChI is InChI=1S/C15H28O2/c1-10(2)12-7-8-14(4,16)13-6-5-11(3)9-15(12,13)17/h10-13,16-17H,5-9H2,1-4H3/t11-,12-,13-,14+,15+/m1/s1. The van der Waals surface area contributed by atoms with E-state index in [0.29, 0.717) is 17.8 Å². The Morgan fingerprint density at radius 1 is 1.12 bits per heavy atom. The van der Waals surface area contributed by atoms with Crippen LogP contribution in [0.15, 0.2) is 0 Å². The van der Waals surface area contributed by atoms with E-state index in [1.165, 1.54) is 0 Å². The average molecular weight is 240 g/mol. The van der Waals surface area contributed by atoms with Crippen molar-refractivity contribution in [2.75, 3.05) is 0 Å². The monoisotopic (exact) mass is 240 g/mol. The number of aliphatic hydroxyl groups is 2. The molecule has 2 aliphatic rings. The lowest BCUT2D eigenvalue weighted by atomic mass is 9.53. The van der Waals surface area contributed by atoms with Crippen LogP contribution in [0.1, 0.15) is 59.8 Å². The molecule has 0 radical (unpaired) electrons. The van der Waals surface area contributed by atoms with Crippen LogP contribution in [0.4, 0.5) is 0 Å². The van der Waals surface area contributed by atoms with E-state index >= 15 is 0 Å². The third-order valence-corrected chi connectivity index (χ3v) is 5.39. The van der Waals surface area contributed by atoms with Gasteiger partial charge in [-0.25, -0.2) is 0 Å². The van der Waals surface area contributed by atoms with Crippen LogP contribution in [-0.2, 0) is 0 Å². The molecule has 0 bridgehead atoms. The van der Waals surface area contributed by atoms with Crippen LogP contribution in [0.2, 0.25) is 0 Å². The van der Waals surface area contributed by atoms with Gasteiger partial charge in [0.15, 0.2) is 0 Å². The summed E-state index contributed by atoms with van der Waals surface area (Å²) in [4.78, 5) is 0. The van der Waals surface area contributed by atoms with Gasteiger partial charge < -0.3 is 10.2 Å². The Morgan fingerprint density at radius 3 is 2.35 bits per heavy atom. The molecule has 2 saturated carbocycles. The maximum atomic E-state index is 11.2. The molecule has 0 aromatic carbocycles. The van der Waals surface area contributed by atoms with Crippen LogP contribution in [0.25, 0.3) is 0 Å². The molecule has 2 fully saturated rings. The van der Waals surface area contributed by atoms with Gasteiger partial charge in [0.1, 0.15) is 0 Å². The van der Waals surface area contributed by atoms with E-state index < -0.39 is 11.2 Å². The maximum Gasteiger partial charge on any atom is 0.0736 e. The Morgan fingerprint density at radius 2 is 1.76 bits per heavy atom. The van der Waals surface area contributed by atoms with E-state index in [2.05, 4.69) is 20.8 Å². The molecule has 2 N–H and O–H groups in total. The fraction of sp³-hybridized carbons (Fsp3) is 1.00. The summed E-state index contributed by atoms with van der Waals surface area (Å²) in [5, 5.41) is 21.7. The van der Waals surface area contributed by atoms with Gasteiger partial charge in [-0.1, -0.05) is 27.2 Å². The van der Waals surface area contributed by atoms with Gasteiger partial charge in [0.05, 0.1) is 11.2 Å². The van der Waals surface area contributed by atoms with E-state index in [9.17, 15) is 10.2 Å². The summed E-state index contributed by atoms with van der Waals surface area (Å²) in [6, 6.07) is 0. The van der Waals surface area contributed by atoms with Crippen molar-refractivity contribution in [3.8, 4) is 0 Å². The lowest BCUT2D eigenvalue weighted by Crippen LogP contribution is -2.61. The molecule has 0 saturated heterocycles. The van der Waals surface area contributed by atoms with Gasteiger partial charge in [0.25, 0.3) is 0 Å². The van der Waals surface area contributed by atoms with E-state index in [0.717, 1.165) is 32.1 Å². The molecule has 2 rings (SSSR count). The van der Waals surface area contributed by atoms with E-state index in [1.54, 1.807) is 0 Å². The first-order valence-corrected chi connectivity index (χ1v) is 7.22. The Hall–Kier alpha value is -0.0800. The van der Waals surface area contributed by atoms with Crippen molar-refractivity contribution >= 4 is 0 Å². The van der Waals surface area contributed by atoms with Crippen molar-refractivity contribution in [2.45, 2.75) is 71.0 Å². The normalized spacial score (nSPS) is 51.4. The molecule has 0 amide bonds. The second-order valence-electron chi connectivity index (χ2n) is 7.18. The third-order valence-electron chi connectivity index (χ3n) is 5.39. The van der Waals surface area contributed by atoms with Gasteiger partial charge >= 0.3 is 0 Å². The van der Waals surface area contributed by atoms with Crippen molar-refractivity contribution in [2.24, 2.45) is 23.7 Å². The minimum Gasteiger partial charge on any atom is -0.390 e. The highest BCUT2D eigenvalue weighted by Crippen LogP contribution is 2.54. The molecule has 2 heteroatoms. The summed E-state index contributed by atoms with van der Waals surface area (Å²) >= 11 is 0.